The summed E-state index contributed by atoms with van der Waals surface area (Å²) in [5, 5.41) is 2.91. The van der Waals surface area contributed by atoms with E-state index < -0.39 is 0 Å². The predicted octanol–water partition coefficient (Wildman–Crippen LogP) is 3.64. The van der Waals surface area contributed by atoms with Crippen molar-refractivity contribution in [1.82, 2.24) is 4.90 Å². The summed E-state index contributed by atoms with van der Waals surface area (Å²) in [6, 6.07) is 13.3. The van der Waals surface area contributed by atoms with Crippen LogP contribution < -0.4 is 5.32 Å². The molecule has 2 heterocycles. The van der Waals surface area contributed by atoms with Crippen molar-refractivity contribution in [3.05, 3.63) is 65.5 Å². The van der Waals surface area contributed by atoms with Crippen molar-refractivity contribution in [2.45, 2.75) is 19.8 Å². The number of halogens is 1. The molecule has 1 N–H and O–H groups in total. The van der Waals surface area contributed by atoms with Crippen LogP contribution in [0.15, 0.2) is 48.5 Å². The Morgan fingerprint density at radius 1 is 1.14 bits per heavy atom. The van der Waals surface area contributed by atoms with Gasteiger partial charge in [-0.05, 0) is 56.2 Å². The zero-order chi connectivity index (χ0) is 20.4. The number of benzene rings is 2. The lowest BCUT2D eigenvalue weighted by Crippen LogP contribution is -2.42. The van der Waals surface area contributed by atoms with Crippen molar-refractivity contribution in [2.75, 3.05) is 31.6 Å². The molecule has 0 radical (unpaired) electrons. The van der Waals surface area contributed by atoms with E-state index in [1.807, 2.05) is 31.2 Å². The molecular formula is C23H25FN2O3. The van der Waals surface area contributed by atoms with E-state index in [9.17, 15) is 14.0 Å². The molecular weight excluding hydrogens is 371 g/mol. The van der Waals surface area contributed by atoms with Crippen molar-refractivity contribution < 1.29 is 18.7 Å². The van der Waals surface area contributed by atoms with Gasteiger partial charge in [0.1, 0.15) is 5.82 Å². The molecule has 5 nitrogen and oxygen atoms in total. The number of nitrogens with one attached hydrogen (secondary N) is 1. The number of amides is 2. The highest BCUT2D eigenvalue weighted by atomic mass is 19.1. The number of rotatable bonds is 3. The summed E-state index contributed by atoms with van der Waals surface area (Å²) in [4.78, 5) is 28.1. The van der Waals surface area contributed by atoms with Crippen LogP contribution in [0.5, 0.6) is 0 Å². The van der Waals surface area contributed by atoms with Gasteiger partial charge in [-0.15, -0.1) is 0 Å². The van der Waals surface area contributed by atoms with Crippen molar-refractivity contribution >= 4 is 17.5 Å². The molecule has 4 rings (SSSR count). The molecule has 152 valence electrons. The molecule has 0 saturated carbocycles. The number of nitrogens with zero attached hydrogens (tertiary/aromatic N) is 1. The quantitative estimate of drug-likeness (QED) is 0.862. The first-order valence-corrected chi connectivity index (χ1v) is 9.97. The van der Waals surface area contributed by atoms with E-state index in [4.69, 9.17) is 4.74 Å². The Bertz CT molecular complexity index is 907. The van der Waals surface area contributed by atoms with Crippen LogP contribution in [0.3, 0.4) is 0 Å². The van der Waals surface area contributed by atoms with Gasteiger partial charge < -0.3 is 15.0 Å². The Kier molecular flexibility index (Phi) is 5.37. The average Bonchev–Trinajstić information content (AvgIpc) is 3.08. The van der Waals surface area contributed by atoms with Crippen LogP contribution in [0.2, 0.25) is 0 Å². The molecule has 1 atom stereocenters. The van der Waals surface area contributed by atoms with E-state index in [-0.39, 0.29) is 29.0 Å². The second kappa shape index (κ2) is 7.95. The molecule has 2 aromatic rings. The summed E-state index contributed by atoms with van der Waals surface area (Å²) in [5.74, 6) is -0.848. The highest BCUT2D eigenvalue weighted by Gasteiger charge is 2.51. The van der Waals surface area contributed by atoms with Crippen LogP contribution in [0.4, 0.5) is 10.1 Å². The third-order valence-corrected chi connectivity index (χ3v) is 6.12. The standard InChI is InChI=1S/C23H25FN2O3/c1-16-3-2-4-17(13-16)22(28)26-14-20(23(15-26)9-11-29-12-10-23)21(27)25-19-7-5-18(24)6-8-19/h2-8,13,20H,9-12,14-15H2,1H3,(H,25,27). The SMILES string of the molecule is Cc1cccc(C(=O)N2CC(C(=O)Nc3ccc(F)cc3)C3(CCOCC3)C2)c1. The van der Waals surface area contributed by atoms with Crippen molar-refractivity contribution in [3.63, 3.8) is 0 Å². The van der Waals surface area contributed by atoms with Gasteiger partial charge in [-0.25, -0.2) is 4.39 Å². The number of ether oxygens (including phenoxy) is 1. The summed E-state index contributed by atoms with van der Waals surface area (Å²) in [7, 11) is 0. The zero-order valence-electron chi connectivity index (χ0n) is 16.5. The minimum absolute atomic E-state index is 0.0448. The van der Waals surface area contributed by atoms with Gasteiger partial charge in [-0.3, -0.25) is 9.59 Å². The van der Waals surface area contributed by atoms with E-state index in [0.717, 1.165) is 18.4 Å². The van der Waals surface area contributed by atoms with Crippen LogP contribution in [0, 0.1) is 24.1 Å². The summed E-state index contributed by atoms with van der Waals surface area (Å²) in [5.41, 5.74) is 1.94. The molecule has 2 saturated heterocycles. The fourth-order valence-electron chi connectivity index (χ4n) is 4.49. The van der Waals surface area contributed by atoms with Gasteiger partial charge in [0.25, 0.3) is 5.91 Å². The Morgan fingerprint density at radius 2 is 1.86 bits per heavy atom. The van der Waals surface area contributed by atoms with Crippen LogP contribution in [0.25, 0.3) is 0 Å². The fraction of sp³-hybridized carbons (Fsp3) is 0.391. The largest absolute Gasteiger partial charge is 0.381 e. The maximum atomic E-state index is 13.2. The number of hydrogen-bond donors (Lipinski definition) is 1. The molecule has 2 aliphatic heterocycles. The van der Waals surface area contributed by atoms with Gasteiger partial charge in [0, 0.05) is 43.0 Å². The monoisotopic (exact) mass is 396 g/mol. The highest BCUT2D eigenvalue weighted by Crippen LogP contribution is 2.45. The predicted molar refractivity (Wildman–Crippen MR) is 108 cm³/mol. The van der Waals surface area contributed by atoms with Gasteiger partial charge in [0.2, 0.25) is 5.91 Å². The number of hydrogen-bond acceptors (Lipinski definition) is 3. The van der Waals surface area contributed by atoms with Gasteiger partial charge >= 0.3 is 0 Å². The topological polar surface area (TPSA) is 58.6 Å². The second-order valence-corrected chi connectivity index (χ2v) is 8.08. The maximum absolute atomic E-state index is 13.2. The molecule has 0 aromatic heterocycles. The molecule has 0 aliphatic carbocycles. The smallest absolute Gasteiger partial charge is 0.253 e. The van der Waals surface area contributed by atoms with Gasteiger partial charge in [-0.1, -0.05) is 17.7 Å². The number of aryl methyl sites for hydroxylation is 1. The molecule has 2 aromatic carbocycles. The summed E-state index contributed by atoms with van der Waals surface area (Å²) in [6.45, 7) is 4.06. The first kappa shape index (κ1) is 19.6. The number of carbonyl (C=O) groups excluding carboxylic acids is 2. The minimum Gasteiger partial charge on any atom is -0.381 e. The summed E-state index contributed by atoms with van der Waals surface area (Å²) < 4.78 is 18.7. The minimum atomic E-state index is -0.348. The molecule has 2 aliphatic rings. The Morgan fingerprint density at radius 3 is 2.55 bits per heavy atom. The van der Waals surface area contributed by atoms with Crippen LogP contribution in [-0.2, 0) is 9.53 Å². The third-order valence-electron chi connectivity index (χ3n) is 6.12. The van der Waals surface area contributed by atoms with Gasteiger partial charge in [0.05, 0.1) is 5.92 Å². The van der Waals surface area contributed by atoms with Crippen molar-refractivity contribution in [3.8, 4) is 0 Å². The Labute approximate surface area is 169 Å². The molecule has 6 heteroatoms. The lowest BCUT2D eigenvalue weighted by Gasteiger charge is -2.37. The number of anilines is 1. The van der Waals surface area contributed by atoms with Crippen LogP contribution in [0.1, 0.15) is 28.8 Å². The lowest BCUT2D eigenvalue weighted by molar-refractivity contribution is -0.124. The average molecular weight is 396 g/mol. The first-order chi connectivity index (χ1) is 14.0. The Hall–Kier alpha value is -2.73. The molecule has 1 spiro atoms. The highest BCUT2D eigenvalue weighted by molar-refractivity contribution is 5.97. The van der Waals surface area contributed by atoms with E-state index in [0.29, 0.717) is 37.6 Å². The van der Waals surface area contributed by atoms with E-state index >= 15 is 0 Å². The molecule has 0 bridgehead atoms. The van der Waals surface area contributed by atoms with E-state index in [1.165, 1.54) is 12.1 Å². The summed E-state index contributed by atoms with van der Waals surface area (Å²) >= 11 is 0. The molecule has 29 heavy (non-hydrogen) atoms. The normalized spacial score (nSPS) is 20.6. The van der Waals surface area contributed by atoms with E-state index in [2.05, 4.69) is 5.32 Å². The third kappa shape index (κ3) is 4.03. The second-order valence-electron chi connectivity index (χ2n) is 8.08. The zero-order valence-corrected chi connectivity index (χ0v) is 16.5. The number of carbonyl (C=O) groups is 2. The molecule has 2 amide bonds. The lowest BCUT2D eigenvalue weighted by atomic mass is 9.71. The van der Waals surface area contributed by atoms with Crippen molar-refractivity contribution in [2.24, 2.45) is 11.3 Å². The van der Waals surface area contributed by atoms with Gasteiger partial charge in [0.15, 0.2) is 0 Å². The van der Waals surface area contributed by atoms with Crippen molar-refractivity contribution in [1.29, 1.82) is 0 Å². The summed E-state index contributed by atoms with van der Waals surface area (Å²) in [6.07, 6.45) is 1.48. The molecule has 1 unspecified atom stereocenters. The van der Waals surface area contributed by atoms with E-state index in [1.54, 1.807) is 17.0 Å². The van der Waals surface area contributed by atoms with Crippen LogP contribution >= 0.6 is 0 Å². The number of likely N-dealkylation sites (tertiary alicyclic amines) is 1. The Balaban J connectivity index is 1.56. The van der Waals surface area contributed by atoms with Crippen LogP contribution in [-0.4, -0.2) is 43.0 Å². The first-order valence-electron chi connectivity index (χ1n) is 9.97. The fourth-order valence-corrected chi connectivity index (χ4v) is 4.49. The molecule has 2 fully saturated rings. The maximum Gasteiger partial charge on any atom is 0.253 e. The van der Waals surface area contributed by atoms with Gasteiger partial charge in [-0.2, -0.15) is 0 Å².